The monoisotopic (exact) mass is 321 g/mol. The van der Waals surface area contributed by atoms with Crippen molar-refractivity contribution in [2.24, 2.45) is 0 Å². The first-order valence-electron chi connectivity index (χ1n) is 6.27. The van der Waals surface area contributed by atoms with Crippen LogP contribution in [0.4, 0.5) is 4.39 Å². The summed E-state index contributed by atoms with van der Waals surface area (Å²) in [5.74, 6) is -0.445. The van der Waals surface area contributed by atoms with E-state index in [9.17, 15) is 9.18 Å². The SMILES string of the molecule is O=C(Cn1ccc2ccc(F)cc21)c1ccc(Cl)c(Cl)c1. The molecule has 0 aliphatic heterocycles. The van der Waals surface area contributed by atoms with Gasteiger partial charge in [0.15, 0.2) is 5.78 Å². The van der Waals surface area contributed by atoms with Crippen molar-refractivity contribution in [3.8, 4) is 0 Å². The average molecular weight is 322 g/mol. The van der Waals surface area contributed by atoms with Crippen molar-refractivity contribution in [1.82, 2.24) is 4.57 Å². The average Bonchev–Trinajstić information content (AvgIpc) is 2.84. The van der Waals surface area contributed by atoms with Crippen LogP contribution in [0, 0.1) is 5.82 Å². The molecule has 106 valence electrons. The molecule has 0 radical (unpaired) electrons. The predicted molar refractivity (Wildman–Crippen MR) is 82.7 cm³/mol. The topological polar surface area (TPSA) is 22.0 Å². The van der Waals surface area contributed by atoms with Gasteiger partial charge < -0.3 is 4.57 Å². The number of nitrogens with zero attached hydrogens (tertiary/aromatic N) is 1. The van der Waals surface area contributed by atoms with Crippen LogP contribution in [0.5, 0.6) is 0 Å². The molecule has 2 nitrogen and oxygen atoms in total. The Hall–Kier alpha value is -1.84. The maximum Gasteiger partial charge on any atom is 0.182 e. The summed E-state index contributed by atoms with van der Waals surface area (Å²) in [6.07, 6.45) is 1.76. The standard InChI is InChI=1S/C16H10Cl2FNO/c17-13-4-2-11(7-14(13)18)16(21)9-20-6-5-10-1-3-12(19)8-15(10)20/h1-8H,9H2. The van der Waals surface area contributed by atoms with Gasteiger partial charge in [-0.25, -0.2) is 4.39 Å². The highest BCUT2D eigenvalue weighted by Crippen LogP contribution is 2.23. The Morgan fingerprint density at radius 3 is 2.62 bits per heavy atom. The number of aromatic nitrogens is 1. The lowest BCUT2D eigenvalue weighted by Gasteiger charge is -2.06. The molecule has 0 amide bonds. The van der Waals surface area contributed by atoms with Gasteiger partial charge >= 0.3 is 0 Å². The summed E-state index contributed by atoms with van der Waals surface area (Å²) >= 11 is 11.7. The Morgan fingerprint density at radius 1 is 1.05 bits per heavy atom. The van der Waals surface area contributed by atoms with Gasteiger partial charge in [0.05, 0.1) is 22.1 Å². The van der Waals surface area contributed by atoms with Crippen LogP contribution in [0.15, 0.2) is 48.7 Å². The first kappa shape index (κ1) is 14.1. The van der Waals surface area contributed by atoms with E-state index in [1.54, 1.807) is 35.0 Å². The molecule has 0 saturated carbocycles. The van der Waals surface area contributed by atoms with Crippen molar-refractivity contribution in [2.75, 3.05) is 0 Å². The van der Waals surface area contributed by atoms with Gasteiger partial charge in [0, 0.05) is 11.8 Å². The van der Waals surface area contributed by atoms with Gasteiger partial charge in [-0.3, -0.25) is 4.79 Å². The summed E-state index contributed by atoms with van der Waals surface area (Å²) in [7, 11) is 0. The Bertz CT molecular complexity index is 841. The number of rotatable bonds is 3. The van der Waals surface area contributed by atoms with Crippen molar-refractivity contribution < 1.29 is 9.18 Å². The minimum absolute atomic E-state index is 0.115. The summed E-state index contributed by atoms with van der Waals surface area (Å²) in [6, 6.07) is 11.1. The van der Waals surface area contributed by atoms with Crippen LogP contribution in [-0.4, -0.2) is 10.4 Å². The Kier molecular flexibility index (Phi) is 3.70. The molecular formula is C16H10Cl2FNO. The van der Waals surface area contributed by atoms with Gasteiger partial charge in [-0.15, -0.1) is 0 Å². The number of Topliss-reactive ketones (excluding diaryl/α,β-unsaturated/α-hetero) is 1. The summed E-state index contributed by atoms with van der Waals surface area (Å²) in [6.45, 7) is 0.116. The minimum Gasteiger partial charge on any atom is -0.340 e. The number of ketones is 1. The number of benzene rings is 2. The van der Waals surface area contributed by atoms with E-state index in [1.165, 1.54) is 12.1 Å². The Morgan fingerprint density at radius 2 is 1.86 bits per heavy atom. The van der Waals surface area contributed by atoms with Crippen molar-refractivity contribution in [3.05, 3.63) is 70.1 Å². The van der Waals surface area contributed by atoms with Gasteiger partial charge in [0.1, 0.15) is 5.82 Å². The molecule has 0 aliphatic carbocycles. The fourth-order valence-electron chi connectivity index (χ4n) is 2.21. The fraction of sp³-hybridized carbons (Fsp3) is 0.0625. The van der Waals surface area contributed by atoms with E-state index >= 15 is 0 Å². The molecule has 1 heterocycles. The van der Waals surface area contributed by atoms with Crippen LogP contribution in [0.25, 0.3) is 10.9 Å². The van der Waals surface area contributed by atoms with Crippen LogP contribution >= 0.6 is 23.2 Å². The van der Waals surface area contributed by atoms with Gasteiger partial charge in [-0.1, -0.05) is 23.2 Å². The molecule has 0 atom stereocenters. The molecule has 0 aliphatic rings. The molecule has 3 rings (SSSR count). The van der Waals surface area contributed by atoms with Crippen LogP contribution < -0.4 is 0 Å². The maximum absolute atomic E-state index is 13.3. The molecule has 5 heteroatoms. The molecule has 2 aromatic carbocycles. The highest BCUT2D eigenvalue weighted by atomic mass is 35.5. The van der Waals surface area contributed by atoms with Gasteiger partial charge in [0.25, 0.3) is 0 Å². The largest absolute Gasteiger partial charge is 0.340 e. The molecule has 0 N–H and O–H groups in total. The second-order valence-electron chi connectivity index (χ2n) is 4.70. The third kappa shape index (κ3) is 2.80. The third-order valence-corrected chi connectivity index (χ3v) is 4.03. The maximum atomic E-state index is 13.3. The van der Waals surface area contributed by atoms with Gasteiger partial charge in [-0.2, -0.15) is 0 Å². The number of carbonyl (C=O) groups is 1. The molecular weight excluding hydrogens is 312 g/mol. The highest BCUT2D eigenvalue weighted by molar-refractivity contribution is 6.42. The fourth-order valence-corrected chi connectivity index (χ4v) is 2.51. The van der Waals surface area contributed by atoms with E-state index in [2.05, 4.69) is 0 Å². The van der Waals surface area contributed by atoms with Gasteiger partial charge in [-0.05, 0) is 47.9 Å². The molecule has 0 spiro atoms. The number of halogens is 3. The van der Waals surface area contributed by atoms with E-state index < -0.39 is 0 Å². The minimum atomic E-state index is -0.329. The molecule has 3 aromatic rings. The van der Waals surface area contributed by atoms with Crippen LogP contribution in [-0.2, 0) is 6.54 Å². The Balaban J connectivity index is 1.92. The van der Waals surface area contributed by atoms with Crippen molar-refractivity contribution in [1.29, 1.82) is 0 Å². The first-order valence-corrected chi connectivity index (χ1v) is 7.03. The lowest BCUT2D eigenvalue weighted by molar-refractivity contribution is 0.0973. The van der Waals surface area contributed by atoms with E-state index in [1.807, 2.05) is 6.07 Å². The Labute approximate surface area is 130 Å². The third-order valence-electron chi connectivity index (χ3n) is 3.29. The van der Waals surface area contributed by atoms with Crippen LogP contribution in [0.2, 0.25) is 10.0 Å². The van der Waals surface area contributed by atoms with Crippen molar-refractivity contribution >= 4 is 39.9 Å². The molecule has 0 bridgehead atoms. The molecule has 0 saturated heterocycles. The summed E-state index contributed by atoms with van der Waals surface area (Å²) < 4.78 is 15.0. The quantitative estimate of drug-likeness (QED) is 0.624. The number of fused-ring (bicyclic) bond motifs is 1. The lowest BCUT2D eigenvalue weighted by atomic mass is 10.1. The number of hydrogen-bond acceptors (Lipinski definition) is 1. The molecule has 0 unspecified atom stereocenters. The molecule has 1 aromatic heterocycles. The zero-order valence-corrected chi connectivity index (χ0v) is 12.3. The lowest BCUT2D eigenvalue weighted by Crippen LogP contribution is -2.09. The number of hydrogen-bond donors (Lipinski definition) is 0. The van der Waals surface area contributed by atoms with E-state index in [4.69, 9.17) is 23.2 Å². The smallest absolute Gasteiger partial charge is 0.182 e. The summed E-state index contributed by atoms with van der Waals surface area (Å²) in [4.78, 5) is 12.3. The van der Waals surface area contributed by atoms with E-state index in [0.29, 0.717) is 21.1 Å². The number of carbonyl (C=O) groups excluding carboxylic acids is 1. The van der Waals surface area contributed by atoms with E-state index in [0.717, 1.165) is 5.39 Å². The zero-order valence-electron chi connectivity index (χ0n) is 10.8. The van der Waals surface area contributed by atoms with Crippen molar-refractivity contribution in [3.63, 3.8) is 0 Å². The predicted octanol–water partition coefficient (Wildman–Crippen LogP) is 4.97. The van der Waals surface area contributed by atoms with Crippen LogP contribution in [0.1, 0.15) is 10.4 Å². The second kappa shape index (κ2) is 5.51. The summed E-state index contributed by atoms with van der Waals surface area (Å²) in [5, 5.41) is 1.63. The summed E-state index contributed by atoms with van der Waals surface area (Å²) in [5.41, 5.74) is 1.16. The van der Waals surface area contributed by atoms with E-state index in [-0.39, 0.29) is 18.1 Å². The zero-order chi connectivity index (χ0) is 15.0. The molecule has 21 heavy (non-hydrogen) atoms. The highest BCUT2D eigenvalue weighted by Gasteiger charge is 2.11. The normalized spacial score (nSPS) is 11.0. The first-order chi connectivity index (χ1) is 10.0. The van der Waals surface area contributed by atoms with Crippen LogP contribution in [0.3, 0.4) is 0 Å². The second-order valence-corrected chi connectivity index (χ2v) is 5.51. The molecule has 0 fully saturated rings. The van der Waals surface area contributed by atoms with Gasteiger partial charge in [0.2, 0.25) is 0 Å². The van der Waals surface area contributed by atoms with Crippen molar-refractivity contribution in [2.45, 2.75) is 6.54 Å².